The van der Waals surface area contributed by atoms with E-state index in [4.69, 9.17) is 14.2 Å². The van der Waals surface area contributed by atoms with Gasteiger partial charge in [-0.1, -0.05) is 149 Å². The molecule has 0 amide bonds. The molecule has 0 aliphatic rings. The first-order chi connectivity index (χ1) is 18.3. The Balaban J connectivity index is 1.58. The van der Waals surface area contributed by atoms with Crippen molar-refractivity contribution >= 4 is 22.0 Å². The Bertz CT molecular complexity index is 1170. The van der Waals surface area contributed by atoms with Crippen LogP contribution in [0.2, 0.25) is 0 Å². The van der Waals surface area contributed by atoms with Crippen molar-refractivity contribution < 1.29 is 14.2 Å². The van der Waals surface area contributed by atoms with Gasteiger partial charge in [0.2, 0.25) is 0 Å². The molecule has 190 valence electrons. The van der Waals surface area contributed by atoms with E-state index in [2.05, 4.69) is 76.6 Å². The SMILES string of the molecule is BrC[C@@H](OCc1ccccc1)[C@H](OCc1ccccc1)[C@@H](/C=C\c1ccccc1)OCc1ccccc1. The largest absolute Gasteiger partial charge is 0.370 e. The second kappa shape index (κ2) is 15.3. The molecule has 0 aliphatic carbocycles. The maximum absolute atomic E-state index is 6.58. The summed E-state index contributed by atoms with van der Waals surface area (Å²) in [6.07, 6.45) is 3.28. The van der Waals surface area contributed by atoms with Crippen molar-refractivity contribution in [1.82, 2.24) is 0 Å². The minimum Gasteiger partial charge on any atom is -0.370 e. The molecule has 4 rings (SSSR count). The number of benzene rings is 4. The van der Waals surface area contributed by atoms with Gasteiger partial charge < -0.3 is 14.2 Å². The molecule has 3 atom stereocenters. The van der Waals surface area contributed by atoms with Crippen molar-refractivity contribution in [2.24, 2.45) is 0 Å². The van der Waals surface area contributed by atoms with E-state index in [0.29, 0.717) is 25.2 Å². The molecule has 3 nitrogen and oxygen atoms in total. The first-order valence-corrected chi connectivity index (χ1v) is 13.7. The van der Waals surface area contributed by atoms with Gasteiger partial charge >= 0.3 is 0 Å². The fourth-order valence-electron chi connectivity index (χ4n) is 3.98. The summed E-state index contributed by atoms with van der Waals surface area (Å²) in [5.74, 6) is 0. The minimum absolute atomic E-state index is 0.231. The predicted molar refractivity (Wildman–Crippen MR) is 154 cm³/mol. The van der Waals surface area contributed by atoms with Crippen LogP contribution in [0.5, 0.6) is 0 Å². The summed E-state index contributed by atoms with van der Waals surface area (Å²) < 4.78 is 19.5. The maximum atomic E-state index is 6.58. The van der Waals surface area contributed by atoms with Crippen LogP contribution in [0.25, 0.3) is 6.08 Å². The molecule has 0 aliphatic heterocycles. The summed E-state index contributed by atoms with van der Waals surface area (Å²) in [6.45, 7) is 1.44. The Hall–Kier alpha value is -3.02. The Morgan fingerprint density at radius 1 is 0.541 bits per heavy atom. The van der Waals surface area contributed by atoms with Gasteiger partial charge in [-0.15, -0.1) is 0 Å². The van der Waals surface area contributed by atoms with Crippen LogP contribution in [0.1, 0.15) is 22.3 Å². The van der Waals surface area contributed by atoms with Crippen LogP contribution in [-0.2, 0) is 34.0 Å². The lowest BCUT2D eigenvalue weighted by molar-refractivity contribution is -0.130. The van der Waals surface area contributed by atoms with Gasteiger partial charge in [0.15, 0.2) is 0 Å². The Morgan fingerprint density at radius 2 is 0.973 bits per heavy atom. The van der Waals surface area contributed by atoms with Gasteiger partial charge in [-0.3, -0.25) is 0 Å². The number of hydrogen-bond acceptors (Lipinski definition) is 3. The molecular formula is C33H33BrO3. The van der Waals surface area contributed by atoms with Crippen molar-refractivity contribution in [2.45, 2.75) is 38.1 Å². The standard InChI is InChI=1S/C33H33BrO3/c34-23-32(36-25-29-17-9-3-10-18-29)33(37-26-30-19-11-4-12-20-30)31(22-21-27-13-5-1-6-14-27)35-24-28-15-7-2-8-16-28/h1-22,31-33H,23-26H2/b22-21-/t31-,32-,33-/m1/s1. The minimum atomic E-state index is -0.341. The average molecular weight is 558 g/mol. The molecule has 0 aromatic heterocycles. The fourth-order valence-corrected chi connectivity index (χ4v) is 4.54. The molecular weight excluding hydrogens is 524 g/mol. The first-order valence-electron chi connectivity index (χ1n) is 12.6. The molecule has 4 aromatic rings. The van der Waals surface area contributed by atoms with E-state index in [1.807, 2.05) is 72.8 Å². The van der Waals surface area contributed by atoms with Crippen LogP contribution in [-0.4, -0.2) is 23.6 Å². The monoisotopic (exact) mass is 556 g/mol. The van der Waals surface area contributed by atoms with E-state index in [1.54, 1.807) is 0 Å². The second-order valence-electron chi connectivity index (χ2n) is 8.78. The fraction of sp³-hybridized carbons (Fsp3) is 0.212. The zero-order chi connectivity index (χ0) is 25.5. The lowest BCUT2D eigenvalue weighted by atomic mass is 10.1. The van der Waals surface area contributed by atoms with E-state index in [1.165, 1.54) is 0 Å². The molecule has 4 heteroatoms. The third-order valence-electron chi connectivity index (χ3n) is 6.00. The topological polar surface area (TPSA) is 27.7 Å². The number of alkyl halides is 1. The zero-order valence-electron chi connectivity index (χ0n) is 20.9. The van der Waals surface area contributed by atoms with Crippen LogP contribution >= 0.6 is 15.9 Å². The summed E-state index contributed by atoms with van der Waals surface area (Å²) in [5.41, 5.74) is 4.45. The van der Waals surface area contributed by atoms with Crippen molar-refractivity contribution in [3.8, 4) is 0 Å². The highest BCUT2D eigenvalue weighted by atomic mass is 79.9. The summed E-state index contributed by atoms with van der Waals surface area (Å²) in [7, 11) is 0. The van der Waals surface area contributed by atoms with Gasteiger partial charge in [-0.25, -0.2) is 0 Å². The number of rotatable bonds is 14. The van der Waals surface area contributed by atoms with Gasteiger partial charge in [0.25, 0.3) is 0 Å². The van der Waals surface area contributed by atoms with Gasteiger partial charge in [0.1, 0.15) is 12.2 Å². The number of ether oxygens (including phenoxy) is 3. The zero-order valence-corrected chi connectivity index (χ0v) is 22.5. The van der Waals surface area contributed by atoms with Crippen molar-refractivity contribution in [1.29, 1.82) is 0 Å². The van der Waals surface area contributed by atoms with Crippen molar-refractivity contribution in [3.63, 3.8) is 0 Å². The van der Waals surface area contributed by atoms with Crippen LogP contribution in [0.3, 0.4) is 0 Å². The van der Waals surface area contributed by atoms with Crippen LogP contribution in [0.4, 0.5) is 0 Å². The van der Waals surface area contributed by atoms with Crippen molar-refractivity contribution in [2.75, 3.05) is 5.33 Å². The van der Waals surface area contributed by atoms with Crippen LogP contribution in [0, 0.1) is 0 Å². The van der Waals surface area contributed by atoms with E-state index < -0.39 is 0 Å². The summed E-state index contributed by atoms with van der Waals surface area (Å²) in [5, 5.41) is 0.615. The normalized spacial score (nSPS) is 13.9. The Kier molecular flexibility index (Phi) is 11.2. The molecule has 0 fully saturated rings. The Morgan fingerprint density at radius 3 is 1.46 bits per heavy atom. The average Bonchev–Trinajstić information content (AvgIpc) is 2.97. The maximum Gasteiger partial charge on any atom is 0.115 e. The van der Waals surface area contributed by atoms with Crippen molar-refractivity contribution in [3.05, 3.63) is 150 Å². The molecule has 4 aromatic carbocycles. The molecule has 0 saturated heterocycles. The summed E-state index contributed by atoms with van der Waals surface area (Å²) >= 11 is 3.69. The highest BCUT2D eigenvalue weighted by Crippen LogP contribution is 2.21. The van der Waals surface area contributed by atoms with Gasteiger partial charge in [0.05, 0.1) is 25.9 Å². The summed E-state index contributed by atoms with van der Waals surface area (Å²) in [4.78, 5) is 0. The van der Waals surface area contributed by atoms with E-state index in [9.17, 15) is 0 Å². The molecule has 0 N–H and O–H groups in total. The molecule has 0 bridgehead atoms. The molecule has 0 saturated carbocycles. The smallest absolute Gasteiger partial charge is 0.115 e. The highest BCUT2D eigenvalue weighted by Gasteiger charge is 2.30. The molecule has 0 spiro atoms. The molecule has 0 heterocycles. The summed E-state index contributed by atoms with van der Waals surface area (Å²) in [6, 6.07) is 40.9. The van der Waals surface area contributed by atoms with Crippen LogP contribution < -0.4 is 0 Å². The number of hydrogen-bond donors (Lipinski definition) is 0. The third-order valence-corrected chi connectivity index (χ3v) is 6.64. The molecule has 37 heavy (non-hydrogen) atoms. The molecule has 0 unspecified atom stereocenters. The second-order valence-corrected chi connectivity index (χ2v) is 9.43. The van der Waals surface area contributed by atoms with Gasteiger partial charge in [-0.2, -0.15) is 0 Å². The first kappa shape index (κ1) is 27.0. The molecule has 0 radical (unpaired) electrons. The van der Waals surface area contributed by atoms with Crippen LogP contribution in [0.15, 0.2) is 127 Å². The van der Waals surface area contributed by atoms with E-state index in [0.717, 1.165) is 22.3 Å². The Labute approximate surface area is 228 Å². The quantitative estimate of drug-likeness (QED) is 0.148. The lowest BCUT2D eigenvalue weighted by Crippen LogP contribution is -2.42. The van der Waals surface area contributed by atoms with Gasteiger partial charge in [-0.05, 0) is 22.3 Å². The third kappa shape index (κ3) is 9.10. The highest BCUT2D eigenvalue weighted by molar-refractivity contribution is 9.09. The number of halogens is 1. The lowest BCUT2D eigenvalue weighted by Gasteiger charge is -2.32. The van der Waals surface area contributed by atoms with Gasteiger partial charge in [0, 0.05) is 5.33 Å². The van der Waals surface area contributed by atoms with E-state index >= 15 is 0 Å². The predicted octanol–water partition coefficient (Wildman–Crippen LogP) is 7.85. The van der Waals surface area contributed by atoms with E-state index in [-0.39, 0.29) is 18.3 Å².